The summed E-state index contributed by atoms with van der Waals surface area (Å²) in [7, 11) is 0. The van der Waals surface area contributed by atoms with Crippen molar-refractivity contribution >= 4 is 29.1 Å². The van der Waals surface area contributed by atoms with E-state index in [9.17, 15) is 19.7 Å². The summed E-state index contributed by atoms with van der Waals surface area (Å²) in [6, 6.07) is 3.68. The summed E-state index contributed by atoms with van der Waals surface area (Å²) in [6.45, 7) is 2.03. The minimum Gasteiger partial charge on any atom is -0.274 e. The molecule has 1 heterocycles. The predicted octanol–water partition coefficient (Wildman–Crippen LogP) is 2.07. The lowest BCUT2D eigenvalue weighted by Gasteiger charge is -2.17. The number of rotatable bonds is 4. The third-order valence-electron chi connectivity index (χ3n) is 2.92. The van der Waals surface area contributed by atoms with E-state index in [-0.39, 0.29) is 29.3 Å². The molecule has 1 aromatic carbocycles. The van der Waals surface area contributed by atoms with Crippen molar-refractivity contribution in [3.63, 3.8) is 0 Å². The van der Waals surface area contributed by atoms with Gasteiger partial charge in [0.2, 0.25) is 0 Å². The van der Waals surface area contributed by atoms with Crippen LogP contribution in [0.15, 0.2) is 18.2 Å². The van der Waals surface area contributed by atoms with E-state index < -0.39 is 16.7 Å². The maximum absolute atomic E-state index is 12.1. The molecule has 0 aromatic heterocycles. The maximum atomic E-state index is 12.1. The van der Waals surface area contributed by atoms with Crippen molar-refractivity contribution in [3.8, 4) is 0 Å². The Balaban J connectivity index is 2.36. The summed E-state index contributed by atoms with van der Waals surface area (Å²) in [5, 5.41) is 10.7. The number of halogens is 1. The molecule has 6 nitrogen and oxygen atoms in total. The van der Waals surface area contributed by atoms with Crippen LogP contribution in [0.2, 0.25) is 0 Å². The van der Waals surface area contributed by atoms with Crippen LogP contribution in [0.25, 0.3) is 0 Å². The van der Waals surface area contributed by atoms with Crippen LogP contribution in [0.5, 0.6) is 0 Å². The fraction of sp³-hybridized carbons (Fsp3) is 0.333. The molecule has 0 spiro atoms. The number of hydrogen-bond acceptors (Lipinski definition) is 4. The smallest absolute Gasteiger partial charge is 0.270 e. The quantitative estimate of drug-likeness (QED) is 0.366. The van der Waals surface area contributed by atoms with Crippen LogP contribution in [0.4, 0.5) is 5.69 Å². The van der Waals surface area contributed by atoms with Crippen LogP contribution >= 0.6 is 11.6 Å². The van der Waals surface area contributed by atoms with Crippen molar-refractivity contribution in [2.45, 2.75) is 6.92 Å². The van der Waals surface area contributed by atoms with E-state index in [4.69, 9.17) is 11.6 Å². The van der Waals surface area contributed by atoms with E-state index in [1.54, 1.807) is 0 Å². The van der Waals surface area contributed by atoms with E-state index in [1.165, 1.54) is 12.1 Å². The van der Waals surface area contributed by atoms with Gasteiger partial charge in [0.15, 0.2) is 0 Å². The van der Waals surface area contributed by atoms with Gasteiger partial charge in [0, 0.05) is 24.6 Å². The van der Waals surface area contributed by atoms with Gasteiger partial charge in [0.1, 0.15) is 0 Å². The molecule has 1 unspecified atom stereocenters. The highest BCUT2D eigenvalue weighted by atomic mass is 35.5. The molecular weight excluding hydrogens is 272 g/mol. The van der Waals surface area contributed by atoms with Crippen molar-refractivity contribution in [2.75, 3.05) is 12.4 Å². The molecule has 0 aliphatic carbocycles. The standard InChI is InChI=1S/C12H11ClN2O4/c1-7(5-13)6-14-11(16)9-3-2-8(15(18)19)4-10(9)12(14)17/h2-4,7H,5-6H2,1H3. The van der Waals surface area contributed by atoms with Gasteiger partial charge in [-0.05, 0) is 12.0 Å². The molecule has 1 aromatic rings. The second kappa shape index (κ2) is 4.97. The highest BCUT2D eigenvalue weighted by Gasteiger charge is 2.37. The summed E-state index contributed by atoms with van der Waals surface area (Å²) in [5.41, 5.74) is 0.0884. The summed E-state index contributed by atoms with van der Waals surface area (Å²) in [5.74, 6) is -0.625. The lowest BCUT2D eigenvalue weighted by molar-refractivity contribution is -0.384. The first kappa shape index (κ1) is 13.5. The second-order valence-corrected chi connectivity index (χ2v) is 4.78. The summed E-state index contributed by atoms with van der Waals surface area (Å²) >= 11 is 5.67. The molecule has 7 heteroatoms. The predicted molar refractivity (Wildman–Crippen MR) is 68.3 cm³/mol. The average molecular weight is 283 g/mol. The number of benzene rings is 1. The zero-order valence-electron chi connectivity index (χ0n) is 10.1. The molecule has 1 aliphatic rings. The monoisotopic (exact) mass is 282 g/mol. The normalized spacial score (nSPS) is 15.6. The minimum atomic E-state index is -0.595. The molecule has 19 heavy (non-hydrogen) atoms. The molecule has 0 radical (unpaired) electrons. The maximum Gasteiger partial charge on any atom is 0.270 e. The van der Waals surface area contributed by atoms with Crippen LogP contribution in [0.3, 0.4) is 0 Å². The number of nitrogens with zero attached hydrogens (tertiary/aromatic N) is 2. The fourth-order valence-electron chi connectivity index (χ4n) is 1.92. The molecule has 2 amide bonds. The number of carbonyl (C=O) groups excluding carboxylic acids is 2. The molecule has 0 bridgehead atoms. The van der Waals surface area contributed by atoms with Crippen LogP contribution < -0.4 is 0 Å². The number of non-ortho nitro benzene ring substituents is 1. The Kier molecular flexibility index (Phi) is 3.53. The lowest BCUT2D eigenvalue weighted by Crippen LogP contribution is -2.34. The Hall–Kier alpha value is -1.95. The molecule has 100 valence electrons. The van der Waals surface area contributed by atoms with Crippen molar-refractivity contribution in [2.24, 2.45) is 5.92 Å². The van der Waals surface area contributed by atoms with Gasteiger partial charge in [-0.1, -0.05) is 6.92 Å². The molecule has 1 atom stereocenters. The Morgan fingerprint density at radius 3 is 2.53 bits per heavy atom. The van der Waals surface area contributed by atoms with Crippen molar-refractivity contribution < 1.29 is 14.5 Å². The van der Waals surface area contributed by atoms with Gasteiger partial charge in [0.25, 0.3) is 17.5 Å². The highest BCUT2D eigenvalue weighted by molar-refractivity contribution is 6.21. The van der Waals surface area contributed by atoms with Gasteiger partial charge in [0.05, 0.1) is 16.1 Å². The number of alkyl halides is 1. The third-order valence-corrected chi connectivity index (χ3v) is 3.45. The van der Waals surface area contributed by atoms with Crippen molar-refractivity contribution in [1.82, 2.24) is 4.90 Å². The van der Waals surface area contributed by atoms with Gasteiger partial charge in [-0.15, -0.1) is 11.6 Å². The lowest BCUT2D eigenvalue weighted by atomic mass is 10.1. The van der Waals surface area contributed by atoms with E-state index in [2.05, 4.69) is 0 Å². The first-order chi connectivity index (χ1) is 8.95. The summed E-state index contributed by atoms with van der Waals surface area (Å²) in [6.07, 6.45) is 0. The minimum absolute atomic E-state index is 0.0288. The number of imide groups is 1. The third kappa shape index (κ3) is 2.31. The van der Waals surface area contributed by atoms with E-state index in [0.717, 1.165) is 11.0 Å². The van der Waals surface area contributed by atoms with Gasteiger partial charge in [-0.25, -0.2) is 0 Å². The van der Waals surface area contributed by atoms with Gasteiger partial charge >= 0.3 is 0 Å². The molecule has 0 saturated carbocycles. The number of fused-ring (bicyclic) bond motifs is 1. The Morgan fingerprint density at radius 1 is 1.32 bits per heavy atom. The van der Waals surface area contributed by atoms with Gasteiger partial charge in [-0.2, -0.15) is 0 Å². The Bertz CT molecular complexity index is 573. The zero-order chi connectivity index (χ0) is 14.2. The largest absolute Gasteiger partial charge is 0.274 e. The molecule has 0 fully saturated rings. The van der Waals surface area contributed by atoms with E-state index in [0.29, 0.717) is 5.88 Å². The van der Waals surface area contributed by atoms with Crippen LogP contribution in [-0.2, 0) is 0 Å². The first-order valence-electron chi connectivity index (χ1n) is 5.66. The van der Waals surface area contributed by atoms with Gasteiger partial charge in [-0.3, -0.25) is 24.6 Å². The van der Waals surface area contributed by atoms with Crippen LogP contribution in [0.1, 0.15) is 27.6 Å². The number of amides is 2. The molecular formula is C12H11ClN2O4. The number of hydrogen-bond donors (Lipinski definition) is 0. The highest BCUT2D eigenvalue weighted by Crippen LogP contribution is 2.27. The Morgan fingerprint density at radius 2 is 1.95 bits per heavy atom. The van der Waals surface area contributed by atoms with Crippen molar-refractivity contribution in [1.29, 1.82) is 0 Å². The number of nitro benzene ring substituents is 1. The first-order valence-corrected chi connectivity index (χ1v) is 6.19. The van der Waals surface area contributed by atoms with E-state index in [1.807, 2.05) is 6.92 Å². The molecule has 1 aliphatic heterocycles. The Labute approximate surface area is 114 Å². The average Bonchev–Trinajstić information content (AvgIpc) is 2.63. The fourth-order valence-corrected chi connectivity index (χ4v) is 2.02. The topological polar surface area (TPSA) is 80.5 Å². The van der Waals surface area contributed by atoms with Crippen LogP contribution in [0, 0.1) is 16.0 Å². The number of carbonyl (C=O) groups is 2. The van der Waals surface area contributed by atoms with Gasteiger partial charge < -0.3 is 0 Å². The molecule has 0 N–H and O–H groups in total. The zero-order valence-corrected chi connectivity index (χ0v) is 10.9. The second-order valence-electron chi connectivity index (χ2n) is 4.47. The summed E-state index contributed by atoms with van der Waals surface area (Å²) in [4.78, 5) is 35.3. The summed E-state index contributed by atoms with van der Waals surface area (Å²) < 4.78 is 0. The number of nitro groups is 1. The molecule has 0 saturated heterocycles. The van der Waals surface area contributed by atoms with Crippen LogP contribution in [-0.4, -0.2) is 34.1 Å². The SMILES string of the molecule is CC(CCl)CN1C(=O)c2ccc([N+](=O)[O-])cc2C1=O. The van der Waals surface area contributed by atoms with Crippen molar-refractivity contribution in [3.05, 3.63) is 39.4 Å². The van der Waals surface area contributed by atoms with E-state index >= 15 is 0 Å². The molecule has 2 rings (SSSR count).